The molecule has 4 heterocycles. The van der Waals surface area contributed by atoms with Crippen LogP contribution in [0.2, 0.25) is 0 Å². The third-order valence-electron chi connectivity index (χ3n) is 4.14. The van der Waals surface area contributed by atoms with E-state index in [-0.39, 0.29) is 5.91 Å². The largest absolute Gasteiger partial charge is 0.353 e. The second-order valence-corrected chi connectivity index (χ2v) is 5.45. The molecule has 21 heavy (non-hydrogen) atoms. The lowest BCUT2D eigenvalue weighted by atomic mass is 9.89. The smallest absolute Gasteiger partial charge is 0.322 e. The lowest BCUT2D eigenvalue weighted by Crippen LogP contribution is -2.58. The van der Waals surface area contributed by atoms with E-state index in [4.69, 9.17) is 0 Å². The first-order chi connectivity index (χ1) is 10.2. The Hall–Kier alpha value is -2.64. The van der Waals surface area contributed by atoms with Gasteiger partial charge < -0.3 is 15.2 Å². The molecule has 0 bridgehead atoms. The molecule has 2 aliphatic rings. The molecule has 3 amide bonds. The van der Waals surface area contributed by atoms with Crippen LogP contribution in [-0.4, -0.2) is 45.5 Å². The molecule has 2 aliphatic heterocycles. The summed E-state index contributed by atoms with van der Waals surface area (Å²) in [6.07, 6.45) is 4.77. The van der Waals surface area contributed by atoms with Crippen molar-refractivity contribution in [2.45, 2.75) is 18.4 Å². The Bertz CT molecular complexity index is 741. The van der Waals surface area contributed by atoms with Crippen LogP contribution in [-0.2, 0) is 4.79 Å². The normalized spacial score (nSPS) is 25.4. The van der Waals surface area contributed by atoms with Gasteiger partial charge >= 0.3 is 6.03 Å². The molecule has 3 N–H and O–H groups in total. The van der Waals surface area contributed by atoms with Crippen molar-refractivity contribution in [2.75, 3.05) is 18.0 Å². The maximum absolute atomic E-state index is 12.1. The Morgan fingerprint density at radius 3 is 3.00 bits per heavy atom. The van der Waals surface area contributed by atoms with Gasteiger partial charge in [-0.1, -0.05) is 0 Å². The number of anilines is 1. The van der Waals surface area contributed by atoms with E-state index >= 15 is 0 Å². The minimum atomic E-state index is -0.844. The highest BCUT2D eigenvalue weighted by molar-refractivity contribution is 6.07. The van der Waals surface area contributed by atoms with Gasteiger partial charge in [-0.05, 0) is 18.9 Å². The summed E-state index contributed by atoms with van der Waals surface area (Å²) in [4.78, 5) is 37.1. The number of carbonyl (C=O) groups is 2. The number of hydrogen-bond donors (Lipinski definition) is 3. The number of carbonyl (C=O) groups excluding carboxylic acids is 2. The van der Waals surface area contributed by atoms with Gasteiger partial charge in [-0.3, -0.25) is 10.1 Å². The van der Waals surface area contributed by atoms with E-state index in [1.807, 2.05) is 17.2 Å². The number of H-pyrrole nitrogens is 1. The molecule has 8 heteroatoms. The van der Waals surface area contributed by atoms with Crippen LogP contribution in [0, 0.1) is 0 Å². The Morgan fingerprint density at radius 2 is 2.19 bits per heavy atom. The fourth-order valence-corrected chi connectivity index (χ4v) is 3.16. The Balaban J connectivity index is 1.71. The second kappa shape index (κ2) is 4.18. The van der Waals surface area contributed by atoms with E-state index < -0.39 is 11.6 Å². The highest BCUT2D eigenvalue weighted by Crippen LogP contribution is 2.30. The molecule has 2 fully saturated rings. The number of imide groups is 1. The summed E-state index contributed by atoms with van der Waals surface area (Å²) in [5.74, 6) is 0.533. The average Bonchev–Trinajstić information content (AvgIpc) is 3.04. The van der Waals surface area contributed by atoms with Crippen molar-refractivity contribution in [1.82, 2.24) is 25.6 Å². The van der Waals surface area contributed by atoms with Crippen LogP contribution in [0.1, 0.15) is 12.8 Å². The zero-order chi connectivity index (χ0) is 14.4. The molecule has 4 rings (SSSR count). The first-order valence-corrected chi connectivity index (χ1v) is 6.85. The van der Waals surface area contributed by atoms with Crippen LogP contribution < -0.4 is 15.5 Å². The number of piperidine rings is 1. The second-order valence-electron chi connectivity index (χ2n) is 5.45. The molecule has 0 aromatic carbocycles. The molecule has 8 nitrogen and oxygen atoms in total. The van der Waals surface area contributed by atoms with Crippen molar-refractivity contribution < 1.29 is 9.59 Å². The van der Waals surface area contributed by atoms with Crippen molar-refractivity contribution in [3.63, 3.8) is 0 Å². The number of rotatable bonds is 1. The summed E-state index contributed by atoms with van der Waals surface area (Å²) in [5.41, 5.74) is -0.0809. The predicted molar refractivity (Wildman–Crippen MR) is 74.7 cm³/mol. The van der Waals surface area contributed by atoms with Crippen LogP contribution in [0.3, 0.4) is 0 Å². The standard InChI is InChI=1S/C13H14N6O2/c20-11-13(18-12(21)17-11)3-1-5-19(6-13)10-8-2-4-14-9(8)15-7-16-10/h2,4,7H,1,3,5-6H2,(H,14,15,16)(H2,17,18,20,21)/t13-/m0/s1. The van der Waals surface area contributed by atoms with Crippen LogP contribution in [0.25, 0.3) is 11.0 Å². The molecule has 0 aliphatic carbocycles. The van der Waals surface area contributed by atoms with Gasteiger partial charge in [0, 0.05) is 12.7 Å². The predicted octanol–water partition coefficient (Wildman–Crippen LogP) is 0.136. The minimum Gasteiger partial charge on any atom is -0.353 e. The number of hydrogen-bond acceptors (Lipinski definition) is 5. The third kappa shape index (κ3) is 1.75. The number of fused-ring (bicyclic) bond motifs is 1. The molecule has 2 aromatic heterocycles. The Kier molecular flexibility index (Phi) is 2.41. The van der Waals surface area contributed by atoms with Gasteiger partial charge in [0.05, 0.1) is 11.9 Å². The van der Waals surface area contributed by atoms with E-state index in [1.165, 1.54) is 6.33 Å². The molecular weight excluding hydrogens is 272 g/mol. The summed E-state index contributed by atoms with van der Waals surface area (Å²) in [7, 11) is 0. The van der Waals surface area contributed by atoms with Crippen molar-refractivity contribution in [1.29, 1.82) is 0 Å². The van der Waals surface area contributed by atoms with E-state index in [0.29, 0.717) is 13.0 Å². The van der Waals surface area contributed by atoms with Gasteiger partial charge in [0.1, 0.15) is 23.3 Å². The number of aromatic nitrogens is 3. The highest BCUT2D eigenvalue weighted by Gasteiger charge is 2.49. The van der Waals surface area contributed by atoms with Gasteiger partial charge in [0.25, 0.3) is 5.91 Å². The molecule has 0 saturated carbocycles. The van der Waals surface area contributed by atoms with E-state index in [1.54, 1.807) is 0 Å². The van der Waals surface area contributed by atoms with Crippen LogP contribution in [0.5, 0.6) is 0 Å². The molecule has 1 spiro atoms. The molecule has 2 saturated heterocycles. The monoisotopic (exact) mass is 286 g/mol. The lowest BCUT2D eigenvalue weighted by molar-refractivity contribution is -0.124. The van der Waals surface area contributed by atoms with E-state index in [0.717, 1.165) is 29.8 Å². The average molecular weight is 286 g/mol. The fraction of sp³-hybridized carbons (Fsp3) is 0.385. The SMILES string of the molecule is O=C1NC(=O)[C@@]2(CCCN(c3ncnc4[nH]ccc34)C2)N1. The van der Waals surface area contributed by atoms with Gasteiger partial charge in [-0.2, -0.15) is 0 Å². The zero-order valence-corrected chi connectivity index (χ0v) is 11.2. The van der Waals surface area contributed by atoms with Crippen molar-refractivity contribution >= 4 is 28.8 Å². The summed E-state index contributed by atoms with van der Waals surface area (Å²) >= 11 is 0. The molecular formula is C13H14N6O2. The number of amides is 3. The van der Waals surface area contributed by atoms with Gasteiger partial charge in [-0.25, -0.2) is 14.8 Å². The van der Waals surface area contributed by atoms with E-state index in [2.05, 4.69) is 25.6 Å². The number of urea groups is 1. The minimum absolute atomic E-state index is 0.253. The Morgan fingerprint density at radius 1 is 1.29 bits per heavy atom. The van der Waals surface area contributed by atoms with E-state index in [9.17, 15) is 9.59 Å². The molecule has 0 unspecified atom stereocenters. The Labute approximate surface area is 119 Å². The van der Waals surface area contributed by atoms with Crippen molar-refractivity contribution in [3.8, 4) is 0 Å². The topological polar surface area (TPSA) is 103 Å². The quantitative estimate of drug-likeness (QED) is 0.647. The molecule has 0 radical (unpaired) electrons. The first-order valence-electron chi connectivity index (χ1n) is 6.85. The summed E-state index contributed by atoms with van der Waals surface area (Å²) in [6, 6.07) is 1.50. The first kappa shape index (κ1) is 12.1. The van der Waals surface area contributed by atoms with Crippen LogP contribution in [0.15, 0.2) is 18.6 Å². The van der Waals surface area contributed by atoms with Gasteiger partial charge in [0.15, 0.2) is 0 Å². The highest BCUT2D eigenvalue weighted by atomic mass is 16.2. The summed E-state index contributed by atoms with van der Waals surface area (Å²) in [5, 5.41) is 6.01. The molecule has 2 aromatic rings. The van der Waals surface area contributed by atoms with Gasteiger partial charge in [-0.15, -0.1) is 0 Å². The lowest BCUT2D eigenvalue weighted by Gasteiger charge is -2.38. The third-order valence-corrected chi connectivity index (χ3v) is 4.14. The van der Waals surface area contributed by atoms with Crippen LogP contribution >= 0.6 is 0 Å². The zero-order valence-electron chi connectivity index (χ0n) is 11.2. The number of nitrogens with one attached hydrogen (secondary N) is 3. The molecule has 1 atom stereocenters. The van der Waals surface area contributed by atoms with Crippen molar-refractivity contribution in [2.24, 2.45) is 0 Å². The maximum atomic E-state index is 12.1. The number of nitrogens with zero attached hydrogens (tertiary/aromatic N) is 3. The van der Waals surface area contributed by atoms with Crippen LogP contribution in [0.4, 0.5) is 10.6 Å². The summed E-state index contributed by atoms with van der Waals surface area (Å²) in [6.45, 7) is 1.21. The summed E-state index contributed by atoms with van der Waals surface area (Å²) < 4.78 is 0. The fourth-order valence-electron chi connectivity index (χ4n) is 3.16. The maximum Gasteiger partial charge on any atom is 0.322 e. The molecule has 108 valence electrons. The van der Waals surface area contributed by atoms with Crippen molar-refractivity contribution in [3.05, 3.63) is 18.6 Å². The van der Waals surface area contributed by atoms with Gasteiger partial charge in [0.2, 0.25) is 0 Å². The number of aromatic amines is 1.